The fourth-order valence-electron chi connectivity index (χ4n) is 3.85. The Labute approximate surface area is 159 Å². The van der Waals surface area contributed by atoms with Crippen molar-refractivity contribution in [2.75, 3.05) is 37.6 Å². The lowest BCUT2D eigenvalue weighted by Gasteiger charge is -2.42. The zero-order chi connectivity index (χ0) is 19.8. The molecule has 1 aromatic carbocycles. The molecule has 7 heteroatoms. The molecule has 3 rings (SSSR count). The van der Waals surface area contributed by atoms with Crippen LogP contribution >= 0.6 is 0 Å². The van der Waals surface area contributed by atoms with Gasteiger partial charge >= 0.3 is 0 Å². The van der Waals surface area contributed by atoms with Gasteiger partial charge in [0.2, 0.25) is 5.91 Å². The molecule has 0 spiro atoms. The molecular formula is C20H28FN3O3. The summed E-state index contributed by atoms with van der Waals surface area (Å²) in [5.41, 5.74) is -0.213. The van der Waals surface area contributed by atoms with Gasteiger partial charge in [0.15, 0.2) is 0 Å². The number of halogens is 1. The Morgan fingerprint density at radius 2 is 2.04 bits per heavy atom. The van der Waals surface area contributed by atoms with E-state index in [9.17, 15) is 19.1 Å². The van der Waals surface area contributed by atoms with Crippen LogP contribution in [0.1, 0.15) is 44.0 Å². The molecule has 0 aromatic heterocycles. The highest BCUT2D eigenvalue weighted by Gasteiger charge is 2.31. The Bertz CT molecular complexity index is 732. The topological polar surface area (TPSA) is 64.1 Å². The molecule has 2 saturated heterocycles. The highest BCUT2D eigenvalue weighted by molar-refractivity contribution is 5.99. The molecule has 0 unspecified atom stereocenters. The fraction of sp³-hybridized carbons (Fsp3) is 0.600. The average Bonchev–Trinajstić information content (AvgIpc) is 3.01. The first kappa shape index (κ1) is 19.8. The maximum atomic E-state index is 14.4. The van der Waals surface area contributed by atoms with Gasteiger partial charge in [0.1, 0.15) is 5.82 Å². The quantitative estimate of drug-likeness (QED) is 0.870. The second-order valence-corrected chi connectivity index (χ2v) is 8.20. The van der Waals surface area contributed by atoms with Crippen LogP contribution in [0.3, 0.4) is 0 Å². The summed E-state index contributed by atoms with van der Waals surface area (Å²) in [6, 6.07) is 4.39. The molecule has 0 aliphatic carbocycles. The molecule has 2 heterocycles. The predicted octanol–water partition coefficient (Wildman–Crippen LogP) is 1.87. The maximum absolute atomic E-state index is 14.4. The predicted molar refractivity (Wildman–Crippen MR) is 101 cm³/mol. The van der Waals surface area contributed by atoms with Crippen LogP contribution in [0.25, 0.3) is 0 Å². The Morgan fingerprint density at radius 1 is 1.30 bits per heavy atom. The van der Waals surface area contributed by atoms with Crippen molar-refractivity contribution in [2.24, 2.45) is 0 Å². The van der Waals surface area contributed by atoms with Crippen LogP contribution in [-0.2, 0) is 4.79 Å². The molecule has 1 N–H and O–H groups in total. The Balaban J connectivity index is 1.73. The summed E-state index contributed by atoms with van der Waals surface area (Å²) >= 11 is 0. The third kappa shape index (κ3) is 4.47. The lowest BCUT2D eigenvalue weighted by molar-refractivity contribution is -0.117. The number of amides is 2. The van der Waals surface area contributed by atoms with Gasteiger partial charge in [-0.15, -0.1) is 0 Å². The summed E-state index contributed by atoms with van der Waals surface area (Å²) in [4.78, 5) is 30.3. The van der Waals surface area contributed by atoms with E-state index >= 15 is 0 Å². The molecule has 27 heavy (non-hydrogen) atoms. The standard InChI is InChI=1S/C20H28FN3O3/c1-14-12-22(9-10-23(14)13-20(2,3)27)19(26)16-11-15(6-7-17(16)21)24-8-4-5-18(24)25/h6-7,11,14,27H,4-5,8-10,12-13H2,1-3H3/t14-/m0/s1. The monoisotopic (exact) mass is 377 g/mol. The zero-order valence-corrected chi connectivity index (χ0v) is 16.2. The van der Waals surface area contributed by atoms with E-state index in [0.717, 1.165) is 6.42 Å². The maximum Gasteiger partial charge on any atom is 0.257 e. The van der Waals surface area contributed by atoms with E-state index in [1.54, 1.807) is 29.7 Å². The van der Waals surface area contributed by atoms with E-state index in [2.05, 4.69) is 4.90 Å². The van der Waals surface area contributed by atoms with Crippen LogP contribution < -0.4 is 4.90 Å². The van der Waals surface area contributed by atoms with Crippen LogP contribution in [0.15, 0.2) is 18.2 Å². The lowest BCUT2D eigenvalue weighted by atomic mass is 10.1. The SMILES string of the molecule is C[C@H]1CN(C(=O)c2cc(N3CCCC3=O)ccc2F)CCN1CC(C)(C)O. The van der Waals surface area contributed by atoms with Crippen molar-refractivity contribution in [1.82, 2.24) is 9.80 Å². The number of β-amino-alcohol motifs (C(OH)–C–C–N with tert-alkyl or cyclic N) is 1. The van der Waals surface area contributed by atoms with Gasteiger partial charge in [0, 0.05) is 50.9 Å². The number of piperazine rings is 1. The molecule has 2 aliphatic rings. The number of carbonyl (C=O) groups is 2. The molecule has 1 aromatic rings. The van der Waals surface area contributed by atoms with Crippen molar-refractivity contribution >= 4 is 17.5 Å². The number of hydrogen-bond donors (Lipinski definition) is 1. The largest absolute Gasteiger partial charge is 0.389 e. The summed E-state index contributed by atoms with van der Waals surface area (Å²) in [6.07, 6.45) is 1.27. The van der Waals surface area contributed by atoms with E-state index in [1.807, 2.05) is 6.92 Å². The lowest BCUT2D eigenvalue weighted by Crippen LogP contribution is -2.56. The molecule has 0 bridgehead atoms. The van der Waals surface area contributed by atoms with Crippen molar-refractivity contribution in [3.63, 3.8) is 0 Å². The van der Waals surface area contributed by atoms with Crippen LogP contribution in [-0.4, -0.2) is 71.1 Å². The summed E-state index contributed by atoms with van der Waals surface area (Å²) in [5, 5.41) is 10.0. The summed E-state index contributed by atoms with van der Waals surface area (Å²) in [6.45, 7) is 8.23. The minimum absolute atomic E-state index is 0.00821. The second kappa shape index (κ2) is 7.56. The summed E-state index contributed by atoms with van der Waals surface area (Å²) in [5.74, 6) is -0.911. The number of nitrogens with zero attached hydrogens (tertiary/aromatic N) is 3. The first-order valence-electron chi connectivity index (χ1n) is 9.51. The van der Waals surface area contributed by atoms with Crippen molar-refractivity contribution in [2.45, 2.75) is 45.3 Å². The first-order valence-corrected chi connectivity index (χ1v) is 9.51. The van der Waals surface area contributed by atoms with Gasteiger partial charge in [-0.1, -0.05) is 0 Å². The summed E-state index contributed by atoms with van der Waals surface area (Å²) < 4.78 is 14.4. The number of anilines is 1. The zero-order valence-electron chi connectivity index (χ0n) is 16.2. The van der Waals surface area contributed by atoms with Gasteiger partial charge in [0.05, 0.1) is 11.2 Å². The molecule has 2 amide bonds. The highest BCUT2D eigenvalue weighted by Crippen LogP contribution is 2.25. The molecule has 2 fully saturated rings. The average molecular weight is 377 g/mol. The van der Waals surface area contributed by atoms with Gasteiger partial charge < -0.3 is 14.9 Å². The van der Waals surface area contributed by atoms with Gasteiger partial charge in [-0.25, -0.2) is 4.39 Å². The number of carbonyl (C=O) groups excluding carboxylic acids is 2. The van der Waals surface area contributed by atoms with Crippen molar-refractivity contribution in [3.8, 4) is 0 Å². The Morgan fingerprint density at radius 3 is 2.63 bits per heavy atom. The third-order valence-electron chi connectivity index (χ3n) is 5.21. The van der Waals surface area contributed by atoms with Crippen molar-refractivity contribution in [1.29, 1.82) is 0 Å². The van der Waals surface area contributed by atoms with E-state index in [-0.39, 0.29) is 23.4 Å². The smallest absolute Gasteiger partial charge is 0.257 e. The van der Waals surface area contributed by atoms with Crippen molar-refractivity contribution < 1.29 is 19.1 Å². The molecule has 6 nitrogen and oxygen atoms in total. The molecule has 148 valence electrons. The first-order chi connectivity index (χ1) is 12.7. The number of aliphatic hydroxyl groups is 1. The minimum Gasteiger partial charge on any atom is -0.389 e. The second-order valence-electron chi connectivity index (χ2n) is 8.20. The summed E-state index contributed by atoms with van der Waals surface area (Å²) in [7, 11) is 0. The minimum atomic E-state index is -0.802. The normalized spacial score (nSPS) is 21.8. The Hall–Kier alpha value is -1.99. The highest BCUT2D eigenvalue weighted by atomic mass is 19.1. The molecule has 0 radical (unpaired) electrons. The molecular weight excluding hydrogens is 349 g/mol. The van der Waals surface area contributed by atoms with E-state index in [4.69, 9.17) is 0 Å². The van der Waals surface area contributed by atoms with Gasteiger partial charge in [-0.3, -0.25) is 14.5 Å². The molecule has 0 saturated carbocycles. The van der Waals surface area contributed by atoms with Crippen molar-refractivity contribution in [3.05, 3.63) is 29.6 Å². The number of benzene rings is 1. The van der Waals surface area contributed by atoms with Crippen LogP contribution in [0.2, 0.25) is 0 Å². The van der Waals surface area contributed by atoms with E-state index < -0.39 is 11.4 Å². The van der Waals surface area contributed by atoms with Crippen LogP contribution in [0.5, 0.6) is 0 Å². The fourth-order valence-corrected chi connectivity index (χ4v) is 3.85. The molecule has 2 aliphatic heterocycles. The Kier molecular flexibility index (Phi) is 5.53. The third-order valence-corrected chi connectivity index (χ3v) is 5.21. The van der Waals surface area contributed by atoms with Crippen LogP contribution in [0.4, 0.5) is 10.1 Å². The van der Waals surface area contributed by atoms with E-state index in [0.29, 0.717) is 44.8 Å². The van der Waals surface area contributed by atoms with Gasteiger partial charge in [-0.05, 0) is 45.4 Å². The van der Waals surface area contributed by atoms with Gasteiger partial charge in [0.25, 0.3) is 5.91 Å². The number of hydrogen-bond acceptors (Lipinski definition) is 4. The van der Waals surface area contributed by atoms with E-state index in [1.165, 1.54) is 12.1 Å². The molecule has 1 atom stereocenters. The van der Waals surface area contributed by atoms with Gasteiger partial charge in [-0.2, -0.15) is 0 Å². The number of rotatable bonds is 4. The van der Waals surface area contributed by atoms with Crippen LogP contribution in [0, 0.1) is 5.82 Å².